The Balaban J connectivity index is 2.35. The average molecular weight is 222 g/mol. The van der Waals surface area contributed by atoms with E-state index in [0.29, 0.717) is 5.56 Å². The van der Waals surface area contributed by atoms with E-state index in [9.17, 15) is 5.11 Å². The van der Waals surface area contributed by atoms with Crippen LogP contribution in [0.5, 0.6) is 5.75 Å². The molecule has 3 nitrogen and oxygen atoms in total. The lowest BCUT2D eigenvalue weighted by Gasteiger charge is -2.06. The van der Waals surface area contributed by atoms with Gasteiger partial charge < -0.3 is 5.11 Å². The first-order valence-electron chi connectivity index (χ1n) is 5.33. The first kappa shape index (κ1) is 9.78. The molecule has 3 aromatic rings. The first-order valence-corrected chi connectivity index (χ1v) is 5.33. The lowest BCUT2D eigenvalue weighted by atomic mass is 10.0. The summed E-state index contributed by atoms with van der Waals surface area (Å²) in [4.78, 5) is 8.22. The quantitative estimate of drug-likeness (QED) is 0.688. The molecule has 0 saturated heterocycles. The summed E-state index contributed by atoms with van der Waals surface area (Å²) in [6.45, 7) is 0. The highest BCUT2D eigenvalue weighted by Gasteiger charge is 2.08. The zero-order valence-corrected chi connectivity index (χ0v) is 9.04. The largest absolute Gasteiger partial charge is 0.506 e. The molecule has 2 heterocycles. The molecule has 3 heteroatoms. The Hall–Kier alpha value is -2.42. The SMILES string of the molecule is Oc1cnccc1-c1nccc2ccccc12. The summed E-state index contributed by atoms with van der Waals surface area (Å²) in [5, 5.41) is 12.0. The van der Waals surface area contributed by atoms with Crippen molar-refractivity contribution in [3.05, 3.63) is 55.0 Å². The molecule has 0 radical (unpaired) electrons. The van der Waals surface area contributed by atoms with E-state index >= 15 is 0 Å². The molecule has 3 rings (SSSR count). The topological polar surface area (TPSA) is 46.0 Å². The molecule has 0 bridgehead atoms. The number of hydrogen-bond donors (Lipinski definition) is 1. The minimum Gasteiger partial charge on any atom is -0.506 e. The number of benzene rings is 1. The van der Waals surface area contributed by atoms with E-state index in [0.717, 1.165) is 16.5 Å². The van der Waals surface area contributed by atoms with E-state index < -0.39 is 0 Å². The maximum Gasteiger partial charge on any atom is 0.143 e. The molecule has 17 heavy (non-hydrogen) atoms. The highest BCUT2D eigenvalue weighted by molar-refractivity contribution is 5.95. The van der Waals surface area contributed by atoms with Crippen molar-refractivity contribution in [3.63, 3.8) is 0 Å². The van der Waals surface area contributed by atoms with E-state index in [-0.39, 0.29) is 5.75 Å². The highest BCUT2D eigenvalue weighted by atomic mass is 16.3. The number of aromatic hydroxyl groups is 1. The molecular weight excluding hydrogens is 212 g/mol. The predicted molar refractivity (Wildman–Crippen MR) is 66.6 cm³/mol. The molecule has 1 aromatic carbocycles. The van der Waals surface area contributed by atoms with Crippen LogP contribution in [-0.4, -0.2) is 15.1 Å². The molecule has 0 saturated carbocycles. The first-order chi connectivity index (χ1) is 8.36. The van der Waals surface area contributed by atoms with Gasteiger partial charge in [-0.25, -0.2) is 0 Å². The minimum atomic E-state index is 0.149. The number of nitrogens with zero attached hydrogens (tertiary/aromatic N) is 2. The van der Waals surface area contributed by atoms with Crippen LogP contribution < -0.4 is 0 Å². The van der Waals surface area contributed by atoms with Crippen LogP contribution in [-0.2, 0) is 0 Å². The predicted octanol–water partition coefficient (Wildman–Crippen LogP) is 3.00. The number of aromatic nitrogens is 2. The van der Waals surface area contributed by atoms with Crippen LogP contribution in [0.15, 0.2) is 55.0 Å². The second-order valence-electron chi connectivity index (χ2n) is 3.77. The second-order valence-corrected chi connectivity index (χ2v) is 3.77. The standard InChI is InChI=1S/C14H10N2O/c17-13-9-15-7-6-12(13)14-11-4-2-1-3-10(11)5-8-16-14/h1-9,17H. The minimum absolute atomic E-state index is 0.149. The van der Waals surface area contributed by atoms with Gasteiger partial charge in [0.05, 0.1) is 11.9 Å². The van der Waals surface area contributed by atoms with Crippen LogP contribution in [0.2, 0.25) is 0 Å². The summed E-state index contributed by atoms with van der Waals surface area (Å²) in [6, 6.07) is 11.7. The number of pyridine rings is 2. The molecule has 0 amide bonds. The Morgan fingerprint density at radius 3 is 2.71 bits per heavy atom. The smallest absolute Gasteiger partial charge is 0.143 e. The van der Waals surface area contributed by atoms with Crippen molar-refractivity contribution in [1.29, 1.82) is 0 Å². The molecule has 0 atom stereocenters. The molecule has 0 aliphatic carbocycles. The number of rotatable bonds is 1. The van der Waals surface area contributed by atoms with Crippen molar-refractivity contribution in [2.45, 2.75) is 0 Å². The Labute approximate surface area is 98.4 Å². The van der Waals surface area contributed by atoms with Gasteiger partial charge in [-0.1, -0.05) is 24.3 Å². The van der Waals surface area contributed by atoms with Gasteiger partial charge >= 0.3 is 0 Å². The summed E-state index contributed by atoms with van der Waals surface area (Å²) >= 11 is 0. The van der Waals surface area contributed by atoms with Gasteiger partial charge in [-0.05, 0) is 17.5 Å². The third-order valence-corrected chi connectivity index (χ3v) is 2.73. The summed E-state index contributed by atoms with van der Waals surface area (Å²) in [6.07, 6.45) is 4.83. The molecule has 2 aromatic heterocycles. The van der Waals surface area contributed by atoms with Crippen LogP contribution >= 0.6 is 0 Å². The Morgan fingerprint density at radius 1 is 0.941 bits per heavy atom. The Morgan fingerprint density at radius 2 is 1.82 bits per heavy atom. The fourth-order valence-electron chi connectivity index (χ4n) is 1.92. The van der Waals surface area contributed by atoms with Crippen LogP contribution in [0, 0.1) is 0 Å². The van der Waals surface area contributed by atoms with Crippen LogP contribution in [0.25, 0.3) is 22.0 Å². The second kappa shape index (κ2) is 3.87. The highest BCUT2D eigenvalue weighted by Crippen LogP contribution is 2.31. The third kappa shape index (κ3) is 1.61. The van der Waals surface area contributed by atoms with Gasteiger partial charge in [0.2, 0.25) is 0 Å². The molecule has 0 spiro atoms. The molecule has 0 aliphatic heterocycles. The van der Waals surface area contributed by atoms with E-state index in [1.807, 2.05) is 30.3 Å². The molecule has 0 fully saturated rings. The lowest BCUT2D eigenvalue weighted by Crippen LogP contribution is -1.86. The Bertz CT molecular complexity index is 674. The van der Waals surface area contributed by atoms with Gasteiger partial charge in [-0.2, -0.15) is 0 Å². The van der Waals surface area contributed by atoms with Gasteiger partial charge in [0.1, 0.15) is 5.75 Å². The Kier molecular flexibility index (Phi) is 2.22. The van der Waals surface area contributed by atoms with Gasteiger partial charge in [0, 0.05) is 23.3 Å². The van der Waals surface area contributed by atoms with Crippen molar-refractivity contribution in [2.24, 2.45) is 0 Å². The van der Waals surface area contributed by atoms with Crippen molar-refractivity contribution in [3.8, 4) is 17.0 Å². The van der Waals surface area contributed by atoms with Crippen LogP contribution in [0.1, 0.15) is 0 Å². The molecule has 1 N–H and O–H groups in total. The van der Waals surface area contributed by atoms with E-state index in [4.69, 9.17) is 0 Å². The zero-order valence-electron chi connectivity index (χ0n) is 9.04. The number of fused-ring (bicyclic) bond motifs is 1. The summed E-state index contributed by atoms with van der Waals surface area (Å²) in [5.41, 5.74) is 1.49. The van der Waals surface area contributed by atoms with Crippen LogP contribution in [0.4, 0.5) is 0 Å². The average Bonchev–Trinajstić information content (AvgIpc) is 2.39. The van der Waals surface area contributed by atoms with E-state index in [1.165, 1.54) is 6.20 Å². The van der Waals surface area contributed by atoms with E-state index in [1.54, 1.807) is 18.5 Å². The van der Waals surface area contributed by atoms with Crippen molar-refractivity contribution < 1.29 is 5.11 Å². The number of hydrogen-bond acceptors (Lipinski definition) is 3. The van der Waals surface area contributed by atoms with Gasteiger partial charge in [-0.15, -0.1) is 0 Å². The van der Waals surface area contributed by atoms with Crippen LogP contribution in [0.3, 0.4) is 0 Å². The van der Waals surface area contributed by atoms with Gasteiger partial charge in [0.25, 0.3) is 0 Å². The van der Waals surface area contributed by atoms with Crippen molar-refractivity contribution >= 4 is 10.8 Å². The van der Waals surface area contributed by atoms with Crippen molar-refractivity contribution in [2.75, 3.05) is 0 Å². The molecule has 0 unspecified atom stereocenters. The lowest BCUT2D eigenvalue weighted by molar-refractivity contribution is 0.474. The molecule has 82 valence electrons. The van der Waals surface area contributed by atoms with E-state index in [2.05, 4.69) is 9.97 Å². The molecular formula is C14H10N2O. The fraction of sp³-hybridized carbons (Fsp3) is 0. The zero-order chi connectivity index (χ0) is 11.7. The monoisotopic (exact) mass is 222 g/mol. The normalized spacial score (nSPS) is 10.6. The molecule has 0 aliphatic rings. The van der Waals surface area contributed by atoms with Gasteiger partial charge in [0.15, 0.2) is 0 Å². The summed E-state index contributed by atoms with van der Waals surface area (Å²) in [7, 11) is 0. The van der Waals surface area contributed by atoms with Gasteiger partial charge in [-0.3, -0.25) is 9.97 Å². The summed E-state index contributed by atoms with van der Waals surface area (Å²) < 4.78 is 0. The van der Waals surface area contributed by atoms with Crippen molar-refractivity contribution in [1.82, 2.24) is 9.97 Å². The maximum atomic E-state index is 9.82. The fourth-order valence-corrected chi connectivity index (χ4v) is 1.92. The third-order valence-electron chi connectivity index (χ3n) is 2.73. The summed E-state index contributed by atoms with van der Waals surface area (Å²) in [5.74, 6) is 0.149. The maximum absolute atomic E-state index is 9.82.